The molecule has 0 aliphatic carbocycles. The second-order valence-electron chi connectivity index (χ2n) is 8.97. The van der Waals surface area contributed by atoms with Crippen LogP contribution in [0, 0.1) is 11.8 Å². The molecule has 0 aromatic heterocycles. The van der Waals surface area contributed by atoms with Gasteiger partial charge in [-0.15, -0.1) is 0 Å². The van der Waals surface area contributed by atoms with Gasteiger partial charge in [-0.3, -0.25) is 15.1 Å². The average molecular weight is 588 g/mol. The molecule has 0 saturated heterocycles. The molecule has 0 unspecified atom stereocenters. The van der Waals surface area contributed by atoms with Crippen LogP contribution in [0.5, 0.6) is 0 Å². The van der Waals surface area contributed by atoms with Gasteiger partial charge in [-0.1, -0.05) is 35.9 Å². The van der Waals surface area contributed by atoms with Crippen LogP contribution in [0.25, 0.3) is 0 Å². The third-order valence-electron chi connectivity index (χ3n) is 6.05. The highest BCUT2D eigenvalue weighted by atomic mass is 32.2. The zero-order valence-electron chi connectivity index (χ0n) is 23.6. The number of nitrogens with zero attached hydrogens (tertiary/aromatic N) is 1. The molecule has 1 aliphatic rings. The number of hydrogen-bond acceptors (Lipinski definition) is 8. The van der Waals surface area contributed by atoms with E-state index in [9.17, 15) is 9.59 Å². The molecule has 218 valence electrons. The van der Waals surface area contributed by atoms with Gasteiger partial charge < -0.3 is 24.3 Å². The van der Waals surface area contributed by atoms with Crippen molar-refractivity contribution >= 4 is 35.2 Å². The number of aliphatic imine (C=N–C) groups is 1. The Morgan fingerprint density at radius 1 is 0.905 bits per heavy atom. The van der Waals surface area contributed by atoms with Crippen LogP contribution >= 0.6 is 11.8 Å². The molecule has 0 fully saturated rings. The number of rotatable bonds is 13. The smallest absolute Gasteiger partial charge is 0.411 e. The Kier molecular flexibility index (Phi) is 12.0. The van der Waals surface area contributed by atoms with E-state index in [4.69, 9.17) is 18.9 Å². The van der Waals surface area contributed by atoms with Gasteiger partial charge in [0.05, 0.1) is 45.1 Å². The van der Waals surface area contributed by atoms with Gasteiger partial charge >= 0.3 is 6.09 Å². The summed E-state index contributed by atoms with van der Waals surface area (Å²) in [5.41, 5.74) is 4.89. The van der Waals surface area contributed by atoms with Crippen LogP contribution in [-0.4, -0.2) is 71.5 Å². The molecule has 0 bridgehead atoms. The number of anilines is 1. The van der Waals surface area contributed by atoms with Crippen molar-refractivity contribution in [1.29, 1.82) is 0 Å². The normalized spacial score (nSPS) is 11.6. The number of carbonyl (C=O) groups excluding carboxylic acids is 2. The number of nitrogens with one attached hydrogen (secondary N) is 2. The van der Waals surface area contributed by atoms with Crippen molar-refractivity contribution in [2.45, 2.75) is 16.3 Å². The van der Waals surface area contributed by atoms with Crippen LogP contribution in [0.2, 0.25) is 0 Å². The highest BCUT2D eigenvalue weighted by Gasteiger charge is 2.16. The molecule has 0 spiro atoms. The van der Waals surface area contributed by atoms with E-state index in [1.807, 2.05) is 48.5 Å². The zero-order chi connectivity index (χ0) is 29.6. The topological polar surface area (TPSA) is 107 Å². The number of amides is 2. The van der Waals surface area contributed by atoms with E-state index in [1.165, 1.54) is 0 Å². The monoisotopic (exact) mass is 587 g/mol. The summed E-state index contributed by atoms with van der Waals surface area (Å²) in [7, 11) is 3.25. The molecule has 3 aromatic carbocycles. The summed E-state index contributed by atoms with van der Waals surface area (Å²) in [6, 6.07) is 20.9. The maximum absolute atomic E-state index is 12.2. The first kappa shape index (κ1) is 30.8. The Hall–Kier alpha value is -4.14. The van der Waals surface area contributed by atoms with E-state index in [-0.39, 0.29) is 19.1 Å². The standard InChI is InChI=1S/C32H33N3O6S/c1-33-31(36)28-5-3-4-6-30(28)42-26-12-13-27-24(21-26)22-34-29(27)14-9-23-7-10-25(11-8-23)35-32(37)41-20-19-40-18-17-39-16-15-38-2/h3-8,10-13,21H,15-20,22H2,1-2H3,(H,33,36)(H,35,37). The Labute approximate surface area is 250 Å². The molecule has 10 heteroatoms. The lowest BCUT2D eigenvalue weighted by Crippen LogP contribution is -2.18. The van der Waals surface area contributed by atoms with Gasteiger partial charge in [0.25, 0.3) is 5.91 Å². The number of benzene rings is 3. The van der Waals surface area contributed by atoms with Gasteiger partial charge in [0, 0.05) is 40.8 Å². The molecule has 1 aliphatic heterocycles. The Balaban J connectivity index is 1.24. The first-order chi connectivity index (χ1) is 20.6. The van der Waals surface area contributed by atoms with Gasteiger partial charge in [-0.25, -0.2) is 4.79 Å². The summed E-state index contributed by atoms with van der Waals surface area (Å²) >= 11 is 1.55. The van der Waals surface area contributed by atoms with Crippen LogP contribution in [0.4, 0.5) is 10.5 Å². The fourth-order valence-corrected chi connectivity index (χ4v) is 4.94. The molecule has 0 saturated carbocycles. The lowest BCUT2D eigenvalue weighted by molar-refractivity contribution is 0.0141. The average Bonchev–Trinajstić information content (AvgIpc) is 3.42. The van der Waals surface area contributed by atoms with Gasteiger partial charge in [0.2, 0.25) is 0 Å². The predicted molar refractivity (Wildman–Crippen MR) is 162 cm³/mol. The molecule has 3 aromatic rings. The largest absolute Gasteiger partial charge is 0.447 e. The van der Waals surface area contributed by atoms with Crippen molar-refractivity contribution in [3.63, 3.8) is 0 Å². The minimum absolute atomic E-state index is 0.110. The molecule has 1 heterocycles. The van der Waals surface area contributed by atoms with Crippen LogP contribution in [0.15, 0.2) is 81.5 Å². The molecule has 0 radical (unpaired) electrons. The van der Waals surface area contributed by atoms with E-state index in [2.05, 4.69) is 33.5 Å². The van der Waals surface area contributed by atoms with Gasteiger partial charge in [0.1, 0.15) is 12.3 Å². The SMILES string of the molecule is CNC(=O)c1ccccc1Sc1ccc2c(c1)CN=C2C#Cc1ccc(NC(=O)OCCOCCOCCOC)cc1. The van der Waals surface area contributed by atoms with Crippen molar-refractivity contribution in [3.05, 3.63) is 89.0 Å². The zero-order valence-corrected chi connectivity index (χ0v) is 24.4. The van der Waals surface area contributed by atoms with Crippen LogP contribution in [0.1, 0.15) is 27.0 Å². The van der Waals surface area contributed by atoms with E-state index < -0.39 is 6.09 Å². The maximum atomic E-state index is 12.2. The molecule has 9 nitrogen and oxygen atoms in total. The second kappa shape index (κ2) is 16.3. The lowest BCUT2D eigenvalue weighted by Gasteiger charge is -2.09. The number of methoxy groups -OCH3 is 1. The third-order valence-corrected chi connectivity index (χ3v) is 7.11. The number of hydrogen-bond donors (Lipinski definition) is 2. The summed E-state index contributed by atoms with van der Waals surface area (Å²) in [6.45, 7) is 2.93. The van der Waals surface area contributed by atoms with Crippen LogP contribution in [-0.2, 0) is 25.5 Å². The highest BCUT2D eigenvalue weighted by molar-refractivity contribution is 7.99. The molecular formula is C32H33N3O6S. The van der Waals surface area contributed by atoms with Crippen molar-refractivity contribution in [2.75, 3.05) is 59.1 Å². The Morgan fingerprint density at radius 2 is 1.64 bits per heavy atom. The summed E-state index contributed by atoms with van der Waals surface area (Å²) in [6.07, 6.45) is -0.555. The maximum Gasteiger partial charge on any atom is 0.411 e. The molecule has 42 heavy (non-hydrogen) atoms. The van der Waals surface area contributed by atoms with E-state index in [1.54, 1.807) is 38.1 Å². The first-order valence-corrected chi connectivity index (χ1v) is 14.3. The highest BCUT2D eigenvalue weighted by Crippen LogP contribution is 2.33. The summed E-state index contributed by atoms with van der Waals surface area (Å²) in [4.78, 5) is 30.8. The van der Waals surface area contributed by atoms with Crippen molar-refractivity contribution in [3.8, 4) is 11.8 Å². The van der Waals surface area contributed by atoms with Crippen molar-refractivity contribution < 1.29 is 28.5 Å². The second-order valence-corrected chi connectivity index (χ2v) is 10.1. The van der Waals surface area contributed by atoms with E-state index in [0.29, 0.717) is 44.2 Å². The van der Waals surface area contributed by atoms with E-state index >= 15 is 0 Å². The van der Waals surface area contributed by atoms with E-state index in [0.717, 1.165) is 32.2 Å². The van der Waals surface area contributed by atoms with Gasteiger partial charge in [-0.05, 0) is 60.0 Å². The third kappa shape index (κ3) is 9.19. The molecule has 0 atom stereocenters. The fourth-order valence-electron chi connectivity index (χ4n) is 3.94. The molecule has 2 N–H and O–H groups in total. The van der Waals surface area contributed by atoms with Crippen LogP contribution < -0.4 is 10.6 Å². The molecular weight excluding hydrogens is 554 g/mol. The molecule has 4 rings (SSSR count). The molecule has 2 amide bonds. The van der Waals surface area contributed by atoms with Crippen molar-refractivity contribution in [1.82, 2.24) is 5.32 Å². The van der Waals surface area contributed by atoms with Crippen LogP contribution in [0.3, 0.4) is 0 Å². The summed E-state index contributed by atoms with van der Waals surface area (Å²) in [5.74, 6) is 6.21. The quantitative estimate of drug-likeness (QED) is 0.219. The summed E-state index contributed by atoms with van der Waals surface area (Å²) in [5, 5.41) is 5.38. The van der Waals surface area contributed by atoms with Crippen molar-refractivity contribution in [2.24, 2.45) is 4.99 Å². The minimum atomic E-state index is -0.555. The number of ether oxygens (including phenoxy) is 4. The predicted octanol–water partition coefficient (Wildman–Crippen LogP) is 4.78. The number of carbonyl (C=O) groups is 2. The Bertz CT molecular complexity index is 1460. The fraction of sp³-hybridized carbons (Fsp3) is 0.281. The minimum Gasteiger partial charge on any atom is -0.447 e. The lowest BCUT2D eigenvalue weighted by atomic mass is 10.1. The van der Waals surface area contributed by atoms with Gasteiger partial charge in [0.15, 0.2) is 0 Å². The summed E-state index contributed by atoms with van der Waals surface area (Å²) < 4.78 is 20.7. The van der Waals surface area contributed by atoms with Gasteiger partial charge in [-0.2, -0.15) is 0 Å². The number of fused-ring (bicyclic) bond motifs is 1. The Morgan fingerprint density at radius 3 is 2.40 bits per heavy atom. The first-order valence-electron chi connectivity index (χ1n) is 13.4.